The van der Waals surface area contributed by atoms with Gasteiger partial charge in [0.2, 0.25) is 0 Å². The number of carbonyl (C=O) groups is 3. The SMILES string of the molecule is COc1ccc(-c2cc(-c3ccc([N+](=O)[O-])cc3)nc3c2c(=N)n(-c2cccc(Cl)c2)c(=O)n3[C@@H]2O[C@H](COC(=O)c3ccccc3)[C@@H](OC(=O)c3ccccc3)[C@H]2OC(=O)c2ccccc2)cc1. The summed E-state index contributed by atoms with van der Waals surface area (Å²) in [6, 6.07) is 44.6. The van der Waals surface area contributed by atoms with Gasteiger partial charge in [-0.25, -0.2) is 33.3 Å². The molecule has 1 aliphatic rings. The average molecular weight is 944 g/mol. The number of ether oxygens (including phenoxy) is 5. The van der Waals surface area contributed by atoms with Crippen LogP contribution in [0.15, 0.2) is 175 Å². The minimum Gasteiger partial charge on any atom is -0.497 e. The predicted molar refractivity (Wildman–Crippen MR) is 252 cm³/mol. The van der Waals surface area contributed by atoms with E-state index >= 15 is 4.79 Å². The maximum atomic E-state index is 15.6. The highest BCUT2D eigenvalue weighted by Crippen LogP contribution is 2.39. The summed E-state index contributed by atoms with van der Waals surface area (Å²) in [7, 11) is 1.51. The Morgan fingerprint density at radius 3 is 1.86 bits per heavy atom. The van der Waals surface area contributed by atoms with Gasteiger partial charge in [-0.1, -0.05) is 84.4 Å². The van der Waals surface area contributed by atoms with Crippen LogP contribution in [0.3, 0.4) is 0 Å². The zero-order valence-electron chi connectivity index (χ0n) is 36.3. The molecule has 9 rings (SSSR count). The Hall–Kier alpha value is -8.73. The minimum absolute atomic E-state index is 0.0962. The molecule has 1 N–H and O–H groups in total. The molecule has 0 saturated carbocycles. The molecule has 0 bridgehead atoms. The van der Waals surface area contributed by atoms with Crippen molar-refractivity contribution in [2.24, 2.45) is 0 Å². The van der Waals surface area contributed by atoms with Crippen LogP contribution in [0, 0.1) is 15.5 Å². The van der Waals surface area contributed by atoms with Crippen molar-refractivity contribution in [3.63, 3.8) is 0 Å². The standard InChI is InChI=1S/C52H38ClN5O11/c1-65-39-26-22-31(23-27-39)40-29-41(32-20-24-37(25-21-32)58(63)64)55-47-43(40)46(54)56(38-19-11-18-36(53)28-38)52(62)57(47)48-45(69-51(61)35-16-9-4-10-17-35)44(68-50(60)34-14-7-3-8-15-34)42(67-48)30-66-49(59)33-12-5-2-6-13-33/h2-29,42,44-45,48,54H,30H2,1H3/t42-,44-,45-,48-/m1/s1. The molecule has 1 saturated heterocycles. The first-order valence-corrected chi connectivity index (χ1v) is 21.7. The highest BCUT2D eigenvalue weighted by molar-refractivity contribution is 6.30. The van der Waals surface area contributed by atoms with E-state index in [1.165, 1.54) is 61.7 Å². The lowest BCUT2D eigenvalue weighted by molar-refractivity contribution is -0.384. The lowest BCUT2D eigenvalue weighted by atomic mass is 9.99. The number of nitro benzene ring substituents is 1. The molecule has 1 aliphatic heterocycles. The van der Waals surface area contributed by atoms with Crippen molar-refractivity contribution >= 4 is 46.2 Å². The number of hydrogen-bond donors (Lipinski definition) is 1. The number of nitrogens with one attached hydrogen (secondary N) is 1. The van der Waals surface area contributed by atoms with Gasteiger partial charge >= 0.3 is 23.6 Å². The van der Waals surface area contributed by atoms with Crippen molar-refractivity contribution < 1.29 is 43.0 Å². The first kappa shape index (κ1) is 45.4. The lowest BCUT2D eigenvalue weighted by Crippen LogP contribution is -2.46. The number of nitro groups is 1. The number of nitrogens with zero attached hydrogens (tertiary/aromatic N) is 4. The number of methoxy groups -OCH3 is 1. The third-order valence-corrected chi connectivity index (χ3v) is 11.6. The van der Waals surface area contributed by atoms with E-state index in [9.17, 15) is 29.9 Å². The second-order valence-electron chi connectivity index (χ2n) is 15.6. The summed E-state index contributed by atoms with van der Waals surface area (Å²) >= 11 is 6.52. The Kier molecular flexibility index (Phi) is 12.9. The molecule has 3 heterocycles. The van der Waals surface area contributed by atoms with Crippen molar-refractivity contribution in [2.75, 3.05) is 13.7 Å². The monoisotopic (exact) mass is 943 g/mol. The second kappa shape index (κ2) is 19.6. The number of non-ortho nitro benzene ring substituents is 1. The van der Waals surface area contributed by atoms with Crippen molar-refractivity contribution in [2.45, 2.75) is 24.5 Å². The Bertz CT molecular complexity index is 3350. The van der Waals surface area contributed by atoms with Gasteiger partial charge in [0.25, 0.3) is 5.69 Å². The van der Waals surface area contributed by atoms with Gasteiger partial charge in [-0.05, 0) is 96.1 Å². The summed E-state index contributed by atoms with van der Waals surface area (Å²) in [4.78, 5) is 73.6. The number of carbonyl (C=O) groups excluding carboxylic acids is 3. The normalized spacial score (nSPS) is 16.4. The summed E-state index contributed by atoms with van der Waals surface area (Å²) in [5.41, 5.74) is 0.551. The molecule has 69 heavy (non-hydrogen) atoms. The number of hydrogen-bond acceptors (Lipinski definition) is 13. The van der Waals surface area contributed by atoms with Gasteiger partial charge in [0.1, 0.15) is 23.9 Å². The summed E-state index contributed by atoms with van der Waals surface area (Å²) < 4.78 is 32.7. The molecule has 8 aromatic rings. The van der Waals surface area contributed by atoms with Crippen LogP contribution in [0.5, 0.6) is 5.75 Å². The summed E-state index contributed by atoms with van der Waals surface area (Å²) in [5.74, 6) is -1.94. The number of pyridine rings is 1. The Morgan fingerprint density at radius 2 is 1.29 bits per heavy atom. The van der Waals surface area contributed by atoms with Crippen molar-refractivity contribution in [3.05, 3.63) is 218 Å². The molecular formula is C52H38ClN5O11. The highest BCUT2D eigenvalue weighted by atomic mass is 35.5. The van der Waals surface area contributed by atoms with E-state index in [2.05, 4.69) is 0 Å². The van der Waals surface area contributed by atoms with E-state index in [0.29, 0.717) is 22.4 Å². The molecule has 6 aromatic carbocycles. The summed E-state index contributed by atoms with van der Waals surface area (Å²) in [5, 5.41) is 21.9. The fourth-order valence-electron chi connectivity index (χ4n) is 7.99. The number of halogens is 1. The van der Waals surface area contributed by atoms with Gasteiger partial charge in [-0.3, -0.25) is 15.5 Å². The first-order valence-electron chi connectivity index (χ1n) is 21.3. The molecule has 17 heteroatoms. The fourth-order valence-corrected chi connectivity index (χ4v) is 8.18. The number of esters is 3. The average Bonchev–Trinajstić information content (AvgIpc) is 3.70. The molecule has 4 atom stereocenters. The Labute approximate surface area is 397 Å². The van der Waals surface area contributed by atoms with Gasteiger partial charge in [0.15, 0.2) is 24.1 Å². The molecule has 0 spiro atoms. The van der Waals surface area contributed by atoms with E-state index in [4.69, 9.17) is 40.3 Å². The molecule has 16 nitrogen and oxygen atoms in total. The van der Waals surface area contributed by atoms with E-state index in [0.717, 1.165) is 9.13 Å². The molecule has 0 unspecified atom stereocenters. The third kappa shape index (κ3) is 9.34. The summed E-state index contributed by atoms with van der Waals surface area (Å²) in [6.45, 7) is -0.563. The summed E-state index contributed by atoms with van der Waals surface area (Å²) in [6.07, 6.45) is -6.36. The lowest BCUT2D eigenvalue weighted by Gasteiger charge is -2.26. The topological polar surface area (TPSA) is 204 Å². The van der Waals surface area contributed by atoms with Crippen molar-refractivity contribution in [3.8, 4) is 33.8 Å². The van der Waals surface area contributed by atoms with E-state index in [-0.39, 0.29) is 55.3 Å². The maximum Gasteiger partial charge on any atom is 0.338 e. The first-order chi connectivity index (χ1) is 33.5. The van der Waals surface area contributed by atoms with Crippen LogP contribution < -0.4 is 15.9 Å². The molecule has 0 aliphatic carbocycles. The molecule has 2 aromatic heterocycles. The van der Waals surface area contributed by atoms with Crippen LogP contribution in [0.25, 0.3) is 39.1 Å². The van der Waals surface area contributed by atoms with Crippen LogP contribution >= 0.6 is 11.6 Å². The minimum atomic E-state index is -1.73. The van der Waals surface area contributed by atoms with Crippen LogP contribution in [-0.4, -0.2) is 69.0 Å². The maximum absolute atomic E-state index is 15.6. The second-order valence-corrected chi connectivity index (χ2v) is 16.0. The van der Waals surface area contributed by atoms with Crippen molar-refractivity contribution in [1.82, 2.24) is 14.1 Å². The molecular weight excluding hydrogens is 906 g/mol. The van der Waals surface area contributed by atoms with Crippen LogP contribution in [0.1, 0.15) is 37.3 Å². The molecule has 1 fully saturated rings. The zero-order valence-corrected chi connectivity index (χ0v) is 37.1. The zero-order chi connectivity index (χ0) is 48.2. The van der Waals surface area contributed by atoms with E-state index < -0.39 is 59.7 Å². The Morgan fingerprint density at radius 1 is 0.725 bits per heavy atom. The number of benzene rings is 6. The van der Waals surface area contributed by atoms with Crippen molar-refractivity contribution in [1.29, 1.82) is 5.41 Å². The quantitative estimate of drug-likeness (QED) is 0.0499. The van der Waals surface area contributed by atoms with E-state index in [1.807, 2.05) is 0 Å². The van der Waals surface area contributed by atoms with Gasteiger partial charge in [0.05, 0.1) is 45.5 Å². The molecule has 0 amide bonds. The number of aromatic nitrogens is 3. The van der Waals surface area contributed by atoms with Gasteiger partial charge < -0.3 is 23.7 Å². The Balaban J connectivity index is 1.32. The highest BCUT2D eigenvalue weighted by Gasteiger charge is 2.52. The fraction of sp³-hybridized carbons (Fsp3) is 0.115. The van der Waals surface area contributed by atoms with Crippen LogP contribution in [0.4, 0.5) is 5.69 Å². The molecule has 0 radical (unpaired) electrons. The largest absolute Gasteiger partial charge is 0.497 e. The number of fused-ring (bicyclic) bond motifs is 1. The van der Waals surface area contributed by atoms with Crippen LogP contribution in [0.2, 0.25) is 5.02 Å². The third-order valence-electron chi connectivity index (χ3n) is 11.4. The van der Waals surface area contributed by atoms with Gasteiger partial charge in [0, 0.05) is 22.7 Å². The van der Waals surface area contributed by atoms with Crippen LogP contribution in [-0.2, 0) is 18.9 Å². The number of rotatable bonds is 13. The van der Waals surface area contributed by atoms with E-state index in [1.54, 1.807) is 115 Å². The van der Waals surface area contributed by atoms with Gasteiger partial charge in [-0.2, -0.15) is 0 Å². The predicted octanol–water partition coefficient (Wildman–Crippen LogP) is 8.78. The van der Waals surface area contributed by atoms with Gasteiger partial charge in [-0.15, -0.1) is 0 Å². The smallest absolute Gasteiger partial charge is 0.338 e. The molecule has 344 valence electrons.